The van der Waals surface area contributed by atoms with Gasteiger partial charge in [0.1, 0.15) is 11.5 Å². The molecule has 1 heterocycles. The van der Waals surface area contributed by atoms with E-state index in [9.17, 15) is 9.18 Å². The van der Waals surface area contributed by atoms with Crippen LogP contribution in [-0.2, 0) is 4.79 Å². The smallest absolute Gasteiger partial charge is 0.227 e. The maximum absolute atomic E-state index is 14.7. The number of nitrogens with zero attached hydrogens (tertiary/aromatic N) is 2. The molecule has 5 rings (SSSR count). The fourth-order valence-electron chi connectivity index (χ4n) is 5.53. The number of aromatic nitrogens is 2. The molecule has 0 bridgehead atoms. The first-order valence-electron chi connectivity index (χ1n) is 14.1. The van der Waals surface area contributed by atoms with Crippen LogP contribution in [-0.4, -0.2) is 28.6 Å². The van der Waals surface area contributed by atoms with E-state index in [0.717, 1.165) is 59.0 Å². The molecule has 41 heavy (non-hydrogen) atoms. The van der Waals surface area contributed by atoms with E-state index in [1.54, 1.807) is 25.3 Å². The first kappa shape index (κ1) is 28.0. The Morgan fingerprint density at radius 3 is 2.56 bits per heavy atom. The van der Waals surface area contributed by atoms with Crippen LogP contribution in [0.1, 0.15) is 55.1 Å². The van der Waals surface area contributed by atoms with Crippen molar-refractivity contribution in [2.45, 2.75) is 39.5 Å². The lowest BCUT2D eigenvalue weighted by Gasteiger charge is -2.14. The monoisotopic (exact) mass is 546 g/mol. The lowest BCUT2D eigenvalue weighted by Crippen LogP contribution is -2.28. The molecule has 4 aromatic rings. The lowest BCUT2D eigenvalue weighted by molar-refractivity contribution is -0.123. The van der Waals surface area contributed by atoms with Crippen LogP contribution in [0, 0.1) is 18.7 Å². The molecule has 1 aliphatic carbocycles. The number of carbonyl (C=O) groups is 1. The largest absolute Gasteiger partial charge is 0.337 e. The average Bonchev–Trinajstić information content (AvgIpc) is 3.68. The van der Waals surface area contributed by atoms with E-state index in [4.69, 9.17) is 4.98 Å². The van der Waals surface area contributed by atoms with Gasteiger partial charge in [0, 0.05) is 35.4 Å². The average molecular weight is 547 g/mol. The molecule has 3 aromatic carbocycles. The third-order valence-electron chi connectivity index (χ3n) is 7.79. The van der Waals surface area contributed by atoms with Crippen molar-refractivity contribution in [3.05, 3.63) is 119 Å². The number of amides is 1. The summed E-state index contributed by atoms with van der Waals surface area (Å²) in [5, 5.41) is 3.06. The summed E-state index contributed by atoms with van der Waals surface area (Å²) in [6.07, 6.45) is 9.76. The van der Waals surface area contributed by atoms with Crippen molar-refractivity contribution >= 4 is 28.2 Å². The zero-order chi connectivity index (χ0) is 28.9. The van der Waals surface area contributed by atoms with Gasteiger partial charge in [-0.2, -0.15) is 0 Å². The quantitative estimate of drug-likeness (QED) is 0.174. The highest BCUT2D eigenvalue weighted by Crippen LogP contribution is 2.31. The molecule has 1 fully saturated rings. The van der Waals surface area contributed by atoms with Crippen LogP contribution in [0.25, 0.3) is 27.7 Å². The Morgan fingerprint density at radius 1 is 1.10 bits per heavy atom. The summed E-state index contributed by atoms with van der Waals surface area (Å²) in [4.78, 5) is 25.7. The highest BCUT2D eigenvalue weighted by molar-refractivity contribution is 6.13. The number of aliphatic imine (C=N–C) groups is 1. The second kappa shape index (κ2) is 12.3. The molecule has 1 aromatic heterocycles. The number of H-pyrrole nitrogens is 1. The first-order valence-corrected chi connectivity index (χ1v) is 14.1. The minimum Gasteiger partial charge on any atom is -0.337 e. The number of allylic oxidation sites excluding steroid dienone is 4. The van der Waals surface area contributed by atoms with E-state index in [1.165, 1.54) is 6.07 Å². The molecule has 2 N–H and O–H groups in total. The number of aryl methyl sites for hydroxylation is 1. The maximum Gasteiger partial charge on any atom is 0.227 e. The topological polar surface area (TPSA) is 70.1 Å². The summed E-state index contributed by atoms with van der Waals surface area (Å²) in [7, 11) is 1.75. The van der Waals surface area contributed by atoms with Crippen molar-refractivity contribution in [3.63, 3.8) is 0 Å². The molecule has 0 unspecified atom stereocenters. The minimum absolute atomic E-state index is 0.0636. The summed E-state index contributed by atoms with van der Waals surface area (Å²) in [6.45, 7) is 7.94. The van der Waals surface area contributed by atoms with Gasteiger partial charge in [-0.1, -0.05) is 68.0 Å². The first-order chi connectivity index (χ1) is 19.9. The predicted molar refractivity (Wildman–Crippen MR) is 166 cm³/mol. The number of hydrogen-bond acceptors (Lipinski definition) is 3. The van der Waals surface area contributed by atoms with Gasteiger partial charge in [0.15, 0.2) is 5.82 Å². The zero-order valence-corrected chi connectivity index (χ0v) is 23.8. The fraction of sp³-hybridized carbons (Fsp3) is 0.229. The molecule has 6 heteroatoms. The van der Waals surface area contributed by atoms with E-state index < -0.39 is 0 Å². The standard InChI is InChI=1S/C35H35FN4O/c1-5-23(20-26(6-2)38-35(41)24-12-7-8-13-24)25-19-18-22(3)29(21-25)33(37-4)34-39-31-17-11-15-28(32(31)40-34)27-14-9-10-16-30(27)36/h5-6,9-11,14-21,24H,2,7-8,12-13H2,1,3-4H3,(H,38,41)(H,39,40)/b23-5+,26-20+,37-33?. The number of aromatic amines is 1. The predicted octanol–water partition coefficient (Wildman–Crippen LogP) is 7.92. The van der Waals surface area contributed by atoms with E-state index in [1.807, 2.05) is 50.3 Å². The maximum atomic E-state index is 14.7. The summed E-state index contributed by atoms with van der Waals surface area (Å²) in [5.41, 5.74) is 8.02. The van der Waals surface area contributed by atoms with E-state index >= 15 is 0 Å². The molecule has 0 saturated heterocycles. The molecule has 0 atom stereocenters. The van der Waals surface area contributed by atoms with E-state index in [2.05, 4.69) is 40.1 Å². The molecular weight excluding hydrogens is 511 g/mol. The SMILES string of the molecule is C=C/C(=C\C(=C/C)c1ccc(C)c(C(=NC)c2nc3c(-c4ccccc4F)cccc3[nH]2)c1)NC(=O)C1CCCC1. The summed E-state index contributed by atoms with van der Waals surface area (Å²) in [5.74, 6) is 0.459. The Morgan fingerprint density at radius 2 is 1.85 bits per heavy atom. The number of halogens is 1. The molecule has 5 nitrogen and oxygen atoms in total. The second-order valence-electron chi connectivity index (χ2n) is 10.4. The molecule has 0 aliphatic heterocycles. The zero-order valence-electron chi connectivity index (χ0n) is 23.8. The van der Waals surface area contributed by atoms with Gasteiger partial charge in [0.25, 0.3) is 0 Å². The van der Waals surface area contributed by atoms with Gasteiger partial charge >= 0.3 is 0 Å². The lowest BCUT2D eigenvalue weighted by atomic mass is 9.96. The second-order valence-corrected chi connectivity index (χ2v) is 10.4. The number of fused-ring (bicyclic) bond motifs is 1. The number of benzene rings is 3. The van der Waals surface area contributed by atoms with E-state index in [-0.39, 0.29) is 17.6 Å². The Hall–Kier alpha value is -4.58. The third kappa shape index (κ3) is 5.82. The van der Waals surface area contributed by atoms with Crippen LogP contribution in [0.15, 0.2) is 96.2 Å². The Balaban J connectivity index is 1.50. The van der Waals surface area contributed by atoms with Crippen LogP contribution in [0.2, 0.25) is 0 Å². The Kier molecular flexibility index (Phi) is 8.39. The van der Waals surface area contributed by atoms with Crippen molar-refractivity contribution in [3.8, 4) is 11.1 Å². The number of nitrogens with one attached hydrogen (secondary N) is 2. The molecule has 1 aliphatic rings. The molecule has 208 valence electrons. The van der Waals surface area contributed by atoms with Crippen LogP contribution < -0.4 is 5.32 Å². The van der Waals surface area contributed by atoms with E-state index in [0.29, 0.717) is 28.3 Å². The number of rotatable bonds is 8. The Bertz CT molecular complexity index is 1700. The number of imidazole rings is 1. The molecular formula is C35H35FN4O. The highest BCUT2D eigenvalue weighted by atomic mass is 19.1. The number of hydrogen-bond donors (Lipinski definition) is 2. The van der Waals surface area contributed by atoms with Crippen LogP contribution in [0.3, 0.4) is 0 Å². The van der Waals surface area contributed by atoms with Crippen LogP contribution >= 0.6 is 0 Å². The molecule has 0 spiro atoms. The number of para-hydroxylation sites is 1. The summed E-state index contributed by atoms with van der Waals surface area (Å²) in [6, 6.07) is 18.7. The Labute approximate surface area is 240 Å². The number of carbonyl (C=O) groups excluding carboxylic acids is 1. The van der Waals surface area contributed by atoms with Crippen LogP contribution in [0.5, 0.6) is 0 Å². The van der Waals surface area contributed by atoms with Gasteiger partial charge in [-0.15, -0.1) is 0 Å². The van der Waals surface area contributed by atoms with Gasteiger partial charge in [-0.3, -0.25) is 9.79 Å². The summed E-state index contributed by atoms with van der Waals surface area (Å²) >= 11 is 0. The molecule has 1 saturated carbocycles. The van der Waals surface area contributed by atoms with Crippen LogP contribution in [0.4, 0.5) is 4.39 Å². The fourth-order valence-corrected chi connectivity index (χ4v) is 5.53. The van der Waals surface area contributed by atoms with Gasteiger partial charge in [-0.05, 0) is 73.7 Å². The van der Waals surface area contributed by atoms with Gasteiger partial charge in [-0.25, -0.2) is 9.37 Å². The van der Waals surface area contributed by atoms with Gasteiger partial charge in [0.05, 0.1) is 11.0 Å². The van der Waals surface area contributed by atoms with Crippen molar-refractivity contribution in [2.24, 2.45) is 10.9 Å². The minimum atomic E-state index is -0.289. The van der Waals surface area contributed by atoms with Crippen molar-refractivity contribution < 1.29 is 9.18 Å². The molecule has 0 radical (unpaired) electrons. The van der Waals surface area contributed by atoms with Crippen molar-refractivity contribution in [1.29, 1.82) is 0 Å². The van der Waals surface area contributed by atoms with Crippen molar-refractivity contribution in [2.75, 3.05) is 7.05 Å². The summed E-state index contributed by atoms with van der Waals surface area (Å²) < 4.78 is 14.7. The highest BCUT2D eigenvalue weighted by Gasteiger charge is 2.23. The van der Waals surface area contributed by atoms with Crippen molar-refractivity contribution in [1.82, 2.24) is 15.3 Å². The third-order valence-corrected chi connectivity index (χ3v) is 7.79. The van der Waals surface area contributed by atoms with Gasteiger partial charge < -0.3 is 10.3 Å². The normalized spacial score (nSPS) is 15.0. The molecule has 1 amide bonds. The van der Waals surface area contributed by atoms with Gasteiger partial charge in [0.2, 0.25) is 5.91 Å².